The molecule has 0 spiro atoms. The summed E-state index contributed by atoms with van der Waals surface area (Å²) >= 11 is 0. The van der Waals surface area contributed by atoms with E-state index in [0.717, 1.165) is 17.0 Å². The second kappa shape index (κ2) is 6.22. The Morgan fingerprint density at radius 1 is 1.21 bits per heavy atom. The number of amides is 1. The van der Waals surface area contributed by atoms with Crippen molar-refractivity contribution in [2.24, 2.45) is 7.05 Å². The first-order chi connectivity index (χ1) is 11.0. The molecule has 24 heavy (non-hydrogen) atoms. The third kappa shape index (κ3) is 3.55. The molecule has 1 N–H and O–H groups in total. The minimum atomic E-state index is -0.700. The molecule has 0 saturated heterocycles. The van der Waals surface area contributed by atoms with Crippen molar-refractivity contribution in [2.45, 2.75) is 53.1 Å². The Balaban J connectivity index is 2.46. The van der Waals surface area contributed by atoms with Gasteiger partial charge in [0, 0.05) is 29.9 Å². The lowest BCUT2D eigenvalue weighted by Gasteiger charge is -2.23. The molecule has 0 unspecified atom stereocenters. The van der Waals surface area contributed by atoms with Gasteiger partial charge in [0.1, 0.15) is 6.04 Å². The third-order valence-corrected chi connectivity index (χ3v) is 3.83. The molecule has 0 aliphatic carbocycles. The van der Waals surface area contributed by atoms with Crippen LogP contribution >= 0.6 is 0 Å². The van der Waals surface area contributed by atoms with Gasteiger partial charge in [0.25, 0.3) is 5.56 Å². The normalized spacial score (nSPS) is 13.0. The summed E-state index contributed by atoms with van der Waals surface area (Å²) in [6.45, 7) is 11.2. The fourth-order valence-electron chi connectivity index (χ4n) is 2.57. The molecule has 130 valence electrons. The van der Waals surface area contributed by atoms with Gasteiger partial charge in [-0.3, -0.25) is 14.3 Å². The molecule has 2 aromatic heterocycles. The van der Waals surface area contributed by atoms with E-state index in [4.69, 9.17) is 0 Å². The van der Waals surface area contributed by atoms with Crippen molar-refractivity contribution in [3.8, 4) is 11.3 Å². The number of carbonyl (C=O) groups excluding carboxylic acids is 1. The summed E-state index contributed by atoms with van der Waals surface area (Å²) in [5.74, 6) is -0.242. The molecule has 0 aliphatic rings. The van der Waals surface area contributed by atoms with Crippen LogP contribution < -0.4 is 10.9 Å². The Morgan fingerprint density at radius 3 is 2.33 bits per heavy atom. The van der Waals surface area contributed by atoms with Crippen LogP contribution in [0, 0.1) is 13.8 Å². The zero-order chi connectivity index (χ0) is 18.2. The van der Waals surface area contributed by atoms with Gasteiger partial charge in [-0.2, -0.15) is 10.2 Å². The fourth-order valence-corrected chi connectivity index (χ4v) is 2.57. The Labute approximate surface area is 141 Å². The van der Waals surface area contributed by atoms with Crippen LogP contribution in [0.5, 0.6) is 0 Å². The number of nitrogens with one attached hydrogen (secondary N) is 1. The molecule has 0 fully saturated rings. The summed E-state index contributed by atoms with van der Waals surface area (Å²) in [6.07, 6.45) is 0. The highest BCUT2D eigenvalue weighted by atomic mass is 16.2. The van der Waals surface area contributed by atoms with Crippen LogP contribution in [0.3, 0.4) is 0 Å². The van der Waals surface area contributed by atoms with Gasteiger partial charge in [-0.1, -0.05) is 0 Å². The van der Waals surface area contributed by atoms with Crippen molar-refractivity contribution in [2.75, 3.05) is 0 Å². The van der Waals surface area contributed by atoms with Crippen LogP contribution in [0.2, 0.25) is 0 Å². The van der Waals surface area contributed by atoms with Crippen LogP contribution in [-0.4, -0.2) is 31.0 Å². The summed E-state index contributed by atoms with van der Waals surface area (Å²) in [6, 6.07) is 2.41. The number of aryl methyl sites for hydroxylation is 2. The zero-order valence-corrected chi connectivity index (χ0v) is 15.3. The summed E-state index contributed by atoms with van der Waals surface area (Å²) in [5, 5.41) is 11.7. The van der Waals surface area contributed by atoms with Gasteiger partial charge in [0.05, 0.1) is 11.4 Å². The number of rotatable bonds is 3. The van der Waals surface area contributed by atoms with Gasteiger partial charge in [-0.05, 0) is 47.6 Å². The van der Waals surface area contributed by atoms with E-state index in [1.165, 1.54) is 10.7 Å². The SMILES string of the molecule is Cc1nn(C)c(C)c1-c1ccc(=O)n([C@H](C)C(=O)NC(C)(C)C)n1. The van der Waals surface area contributed by atoms with Crippen LogP contribution in [0.1, 0.15) is 45.1 Å². The molecular formula is C17H25N5O2. The molecule has 1 amide bonds. The maximum atomic E-state index is 12.4. The van der Waals surface area contributed by atoms with Gasteiger partial charge in [-0.15, -0.1) is 0 Å². The quantitative estimate of drug-likeness (QED) is 0.929. The largest absolute Gasteiger partial charge is 0.350 e. The van der Waals surface area contributed by atoms with Crippen molar-refractivity contribution in [3.05, 3.63) is 33.9 Å². The fraction of sp³-hybridized carbons (Fsp3) is 0.529. The molecule has 7 heteroatoms. The number of aromatic nitrogens is 4. The van der Waals surface area contributed by atoms with E-state index in [1.54, 1.807) is 17.7 Å². The zero-order valence-electron chi connectivity index (χ0n) is 15.3. The average molecular weight is 331 g/mol. The van der Waals surface area contributed by atoms with E-state index in [1.807, 2.05) is 41.7 Å². The first-order valence-corrected chi connectivity index (χ1v) is 7.93. The molecule has 2 rings (SSSR count). The van der Waals surface area contributed by atoms with Crippen molar-refractivity contribution >= 4 is 5.91 Å². The molecule has 0 aromatic carbocycles. The molecule has 7 nitrogen and oxygen atoms in total. The Morgan fingerprint density at radius 2 is 1.83 bits per heavy atom. The molecule has 0 bridgehead atoms. The van der Waals surface area contributed by atoms with Crippen molar-refractivity contribution < 1.29 is 4.79 Å². The van der Waals surface area contributed by atoms with Crippen LogP contribution in [-0.2, 0) is 11.8 Å². The Kier molecular flexibility index (Phi) is 4.64. The summed E-state index contributed by atoms with van der Waals surface area (Å²) in [7, 11) is 1.86. The first-order valence-electron chi connectivity index (χ1n) is 7.93. The predicted octanol–water partition coefficient (Wildman–Crippen LogP) is 1.74. The topological polar surface area (TPSA) is 81.8 Å². The van der Waals surface area contributed by atoms with Crippen molar-refractivity contribution in [3.63, 3.8) is 0 Å². The van der Waals surface area contributed by atoms with E-state index >= 15 is 0 Å². The summed E-state index contributed by atoms with van der Waals surface area (Å²) in [5.41, 5.74) is 2.62. The van der Waals surface area contributed by atoms with E-state index in [9.17, 15) is 9.59 Å². The van der Waals surface area contributed by atoms with Gasteiger partial charge in [0.15, 0.2) is 0 Å². The van der Waals surface area contributed by atoms with Crippen molar-refractivity contribution in [1.29, 1.82) is 0 Å². The van der Waals surface area contributed by atoms with Crippen LogP contribution in [0.15, 0.2) is 16.9 Å². The average Bonchev–Trinajstić information content (AvgIpc) is 2.70. The van der Waals surface area contributed by atoms with Crippen LogP contribution in [0.4, 0.5) is 0 Å². The van der Waals surface area contributed by atoms with E-state index in [0.29, 0.717) is 5.69 Å². The molecule has 0 radical (unpaired) electrons. The highest BCUT2D eigenvalue weighted by Crippen LogP contribution is 2.24. The standard InChI is InChI=1S/C17H25N5O2/c1-10-15(11(2)21(7)19-10)13-8-9-14(23)22(20-13)12(3)16(24)18-17(4,5)6/h8-9,12H,1-7H3,(H,18,24)/t12-/m1/s1. The lowest BCUT2D eigenvalue weighted by Crippen LogP contribution is -2.45. The Bertz CT molecular complexity index is 826. The predicted molar refractivity (Wildman–Crippen MR) is 92.8 cm³/mol. The molecule has 2 heterocycles. The van der Waals surface area contributed by atoms with Gasteiger partial charge >= 0.3 is 0 Å². The van der Waals surface area contributed by atoms with E-state index in [-0.39, 0.29) is 17.0 Å². The molecule has 0 saturated carbocycles. The maximum Gasteiger partial charge on any atom is 0.267 e. The Hall–Kier alpha value is -2.44. The molecular weight excluding hydrogens is 306 g/mol. The second-order valence-electron chi connectivity index (χ2n) is 7.09. The minimum absolute atomic E-state index is 0.242. The van der Waals surface area contributed by atoms with Gasteiger partial charge in [-0.25, -0.2) is 4.68 Å². The first kappa shape index (κ1) is 17.9. The highest BCUT2D eigenvalue weighted by molar-refractivity contribution is 5.80. The van der Waals surface area contributed by atoms with E-state index < -0.39 is 6.04 Å². The number of carbonyl (C=O) groups is 1. The van der Waals surface area contributed by atoms with Gasteiger partial charge < -0.3 is 5.32 Å². The number of hydrogen-bond donors (Lipinski definition) is 1. The van der Waals surface area contributed by atoms with Crippen molar-refractivity contribution in [1.82, 2.24) is 24.9 Å². The third-order valence-electron chi connectivity index (χ3n) is 3.83. The monoisotopic (exact) mass is 331 g/mol. The number of nitrogens with zero attached hydrogens (tertiary/aromatic N) is 4. The summed E-state index contributed by atoms with van der Waals surface area (Å²) < 4.78 is 3.00. The maximum absolute atomic E-state index is 12.4. The lowest BCUT2D eigenvalue weighted by molar-refractivity contribution is -0.125. The smallest absolute Gasteiger partial charge is 0.267 e. The van der Waals surface area contributed by atoms with Gasteiger partial charge in [0.2, 0.25) is 5.91 Å². The van der Waals surface area contributed by atoms with Crippen LogP contribution in [0.25, 0.3) is 11.3 Å². The highest BCUT2D eigenvalue weighted by Gasteiger charge is 2.23. The van der Waals surface area contributed by atoms with E-state index in [2.05, 4.69) is 15.5 Å². The molecule has 1 atom stereocenters. The number of hydrogen-bond acceptors (Lipinski definition) is 4. The second-order valence-corrected chi connectivity index (χ2v) is 7.09. The lowest BCUT2D eigenvalue weighted by atomic mass is 10.1. The summed E-state index contributed by atoms with van der Waals surface area (Å²) in [4.78, 5) is 24.6. The minimum Gasteiger partial charge on any atom is -0.350 e. The molecule has 0 aliphatic heterocycles. The molecule has 2 aromatic rings.